The van der Waals surface area contributed by atoms with Gasteiger partial charge in [0.25, 0.3) is 0 Å². The number of nitrogens with one attached hydrogen (secondary N) is 2. The minimum absolute atomic E-state index is 0.0548. The first-order chi connectivity index (χ1) is 9.97. The zero-order chi connectivity index (χ0) is 15.4. The molecule has 0 aliphatic carbocycles. The Morgan fingerprint density at radius 2 is 1.71 bits per heavy atom. The third-order valence-electron chi connectivity index (χ3n) is 3.25. The molecule has 21 heavy (non-hydrogen) atoms. The Balaban J connectivity index is 2.01. The van der Waals surface area contributed by atoms with Gasteiger partial charge in [-0.2, -0.15) is 0 Å². The molecular weight excluding hydrogens is 328 g/mol. The summed E-state index contributed by atoms with van der Waals surface area (Å²) >= 11 is 3.45. The fraction of sp³-hybridized carbons (Fsp3) is 0.235. The minimum atomic E-state index is -0.0548. The van der Waals surface area contributed by atoms with Gasteiger partial charge in [-0.15, -0.1) is 0 Å². The van der Waals surface area contributed by atoms with Gasteiger partial charge in [-0.05, 0) is 60.0 Å². The van der Waals surface area contributed by atoms with Gasteiger partial charge in [0.15, 0.2) is 0 Å². The lowest BCUT2D eigenvalue weighted by Gasteiger charge is -2.14. The molecule has 4 heteroatoms. The summed E-state index contributed by atoms with van der Waals surface area (Å²) in [6.07, 6.45) is 0. The first kappa shape index (κ1) is 15.6. The second kappa shape index (κ2) is 6.76. The number of hydrogen-bond acceptors (Lipinski definition) is 2. The van der Waals surface area contributed by atoms with Gasteiger partial charge in [0.2, 0.25) is 5.91 Å². The molecule has 0 fully saturated rings. The lowest BCUT2D eigenvalue weighted by atomic mass is 10.1. The van der Waals surface area contributed by atoms with Gasteiger partial charge in [-0.25, -0.2) is 0 Å². The lowest BCUT2D eigenvalue weighted by molar-refractivity contribution is -0.114. The number of aryl methyl sites for hydroxylation is 3. The van der Waals surface area contributed by atoms with Gasteiger partial charge in [0, 0.05) is 15.8 Å². The van der Waals surface area contributed by atoms with Crippen LogP contribution in [0, 0.1) is 20.8 Å². The molecule has 0 saturated carbocycles. The van der Waals surface area contributed by atoms with Crippen LogP contribution in [0.3, 0.4) is 0 Å². The van der Waals surface area contributed by atoms with Gasteiger partial charge >= 0.3 is 0 Å². The van der Waals surface area contributed by atoms with E-state index >= 15 is 0 Å². The molecule has 0 aromatic heterocycles. The van der Waals surface area contributed by atoms with E-state index in [2.05, 4.69) is 45.6 Å². The van der Waals surface area contributed by atoms with E-state index in [0.717, 1.165) is 27.0 Å². The largest absolute Gasteiger partial charge is 0.375 e. The van der Waals surface area contributed by atoms with Gasteiger partial charge in [0.05, 0.1) is 6.54 Å². The van der Waals surface area contributed by atoms with Crippen LogP contribution < -0.4 is 10.6 Å². The molecular formula is C17H19BrN2O. The summed E-state index contributed by atoms with van der Waals surface area (Å²) in [5.41, 5.74) is 5.18. The third kappa shape index (κ3) is 4.08. The molecule has 0 aliphatic heterocycles. The Kier molecular flexibility index (Phi) is 5.02. The Morgan fingerprint density at radius 3 is 2.33 bits per heavy atom. The van der Waals surface area contributed by atoms with Crippen molar-refractivity contribution in [2.24, 2.45) is 0 Å². The third-order valence-corrected chi connectivity index (χ3v) is 3.95. The van der Waals surface area contributed by atoms with E-state index in [4.69, 9.17) is 0 Å². The SMILES string of the molecule is Cc1cc(C)c(NC(=O)CNc2ccccc2Br)c(C)c1. The maximum absolute atomic E-state index is 12.1. The van der Waals surface area contributed by atoms with E-state index in [1.54, 1.807) is 0 Å². The number of rotatable bonds is 4. The molecule has 2 N–H and O–H groups in total. The van der Waals surface area contributed by atoms with Crippen molar-refractivity contribution in [1.82, 2.24) is 0 Å². The van der Waals surface area contributed by atoms with E-state index in [0.29, 0.717) is 0 Å². The minimum Gasteiger partial charge on any atom is -0.375 e. The van der Waals surface area contributed by atoms with E-state index in [1.807, 2.05) is 38.1 Å². The van der Waals surface area contributed by atoms with E-state index in [-0.39, 0.29) is 12.5 Å². The molecule has 0 unspecified atom stereocenters. The fourth-order valence-electron chi connectivity index (χ4n) is 2.34. The summed E-state index contributed by atoms with van der Waals surface area (Å²) in [6.45, 7) is 6.31. The van der Waals surface area contributed by atoms with Crippen LogP contribution in [0.15, 0.2) is 40.9 Å². The molecule has 0 heterocycles. The number of benzene rings is 2. The van der Waals surface area contributed by atoms with Crippen LogP contribution in [0.2, 0.25) is 0 Å². The maximum Gasteiger partial charge on any atom is 0.243 e. The average Bonchev–Trinajstić information content (AvgIpc) is 2.42. The topological polar surface area (TPSA) is 41.1 Å². The van der Waals surface area contributed by atoms with E-state index in [1.165, 1.54) is 5.56 Å². The summed E-state index contributed by atoms with van der Waals surface area (Å²) in [7, 11) is 0. The first-order valence-corrected chi connectivity index (χ1v) is 7.63. The van der Waals surface area contributed by atoms with Crippen LogP contribution in [0.5, 0.6) is 0 Å². The first-order valence-electron chi connectivity index (χ1n) is 6.83. The summed E-state index contributed by atoms with van der Waals surface area (Å²) in [5, 5.41) is 6.10. The van der Waals surface area contributed by atoms with Crippen molar-refractivity contribution in [2.75, 3.05) is 17.2 Å². The molecule has 1 amide bonds. The van der Waals surface area contributed by atoms with E-state index in [9.17, 15) is 4.79 Å². The van der Waals surface area contributed by atoms with E-state index < -0.39 is 0 Å². The van der Waals surface area contributed by atoms with Crippen LogP contribution in [0.1, 0.15) is 16.7 Å². The van der Waals surface area contributed by atoms with Crippen LogP contribution >= 0.6 is 15.9 Å². The number of anilines is 2. The van der Waals surface area contributed by atoms with Crippen LogP contribution in [-0.4, -0.2) is 12.5 Å². The smallest absolute Gasteiger partial charge is 0.243 e. The standard InChI is InChI=1S/C17H19BrN2O/c1-11-8-12(2)17(13(3)9-11)20-16(21)10-19-15-7-5-4-6-14(15)18/h4-9,19H,10H2,1-3H3,(H,20,21). The molecule has 110 valence electrons. The number of halogens is 1. The highest BCUT2D eigenvalue weighted by Crippen LogP contribution is 2.23. The Labute approximate surface area is 133 Å². The van der Waals surface area contributed by atoms with Crippen molar-refractivity contribution in [3.05, 3.63) is 57.6 Å². The number of carbonyl (C=O) groups excluding carboxylic acids is 1. The zero-order valence-electron chi connectivity index (χ0n) is 12.5. The number of para-hydroxylation sites is 1. The Morgan fingerprint density at radius 1 is 1.10 bits per heavy atom. The van der Waals surface area contributed by atoms with Gasteiger partial charge in [0.1, 0.15) is 0 Å². The number of hydrogen-bond donors (Lipinski definition) is 2. The van der Waals surface area contributed by atoms with Gasteiger partial charge in [-0.3, -0.25) is 4.79 Å². The van der Waals surface area contributed by atoms with Crippen LogP contribution in [0.25, 0.3) is 0 Å². The molecule has 0 bridgehead atoms. The van der Waals surface area contributed by atoms with Crippen molar-refractivity contribution in [1.29, 1.82) is 0 Å². The number of amides is 1. The molecule has 0 spiro atoms. The molecule has 2 rings (SSSR count). The van der Waals surface area contributed by atoms with Crippen molar-refractivity contribution in [2.45, 2.75) is 20.8 Å². The van der Waals surface area contributed by atoms with Crippen molar-refractivity contribution >= 4 is 33.2 Å². The fourth-order valence-corrected chi connectivity index (χ4v) is 2.77. The quantitative estimate of drug-likeness (QED) is 0.859. The summed E-state index contributed by atoms with van der Waals surface area (Å²) in [5.74, 6) is -0.0548. The van der Waals surface area contributed by atoms with Crippen LogP contribution in [-0.2, 0) is 4.79 Å². The molecule has 2 aromatic carbocycles. The van der Waals surface area contributed by atoms with Crippen molar-refractivity contribution < 1.29 is 4.79 Å². The number of carbonyl (C=O) groups is 1. The summed E-state index contributed by atoms with van der Waals surface area (Å²) in [6, 6.07) is 11.9. The van der Waals surface area contributed by atoms with Gasteiger partial charge < -0.3 is 10.6 Å². The highest BCUT2D eigenvalue weighted by Gasteiger charge is 2.08. The predicted octanol–water partition coefficient (Wildman–Crippen LogP) is 4.42. The predicted molar refractivity (Wildman–Crippen MR) is 91.9 cm³/mol. The van der Waals surface area contributed by atoms with Crippen LogP contribution in [0.4, 0.5) is 11.4 Å². The molecule has 0 atom stereocenters. The zero-order valence-corrected chi connectivity index (χ0v) is 14.0. The highest BCUT2D eigenvalue weighted by atomic mass is 79.9. The van der Waals surface area contributed by atoms with Crippen molar-refractivity contribution in [3.8, 4) is 0 Å². The second-order valence-electron chi connectivity index (χ2n) is 5.16. The highest BCUT2D eigenvalue weighted by molar-refractivity contribution is 9.10. The molecule has 0 aliphatic rings. The maximum atomic E-state index is 12.1. The Hall–Kier alpha value is -1.81. The summed E-state index contributed by atoms with van der Waals surface area (Å²) in [4.78, 5) is 12.1. The van der Waals surface area contributed by atoms with Crippen molar-refractivity contribution in [3.63, 3.8) is 0 Å². The average molecular weight is 347 g/mol. The molecule has 0 saturated heterocycles. The second-order valence-corrected chi connectivity index (χ2v) is 6.01. The monoisotopic (exact) mass is 346 g/mol. The normalized spacial score (nSPS) is 10.3. The molecule has 2 aromatic rings. The summed E-state index contributed by atoms with van der Waals surface area (Å²) < 4.78 is 0.945. The Bertz CT molecular complexity index is 645. The lowest BCUT2D eigenvalue weighted by Crippen LogP contribution is -2.22. The molecule has 0 radical (unpaired) electrons. The van der Waals surface area contributed by atoms with Gasteiger partial charge in [-0.1, -0.05) is 29.8 Å². The molecule has 3 nitrogen and oxygen atoms in total.